The maximum absolute atomic E-state index is 11.9. The van der Waals surface area contributed by atoms with Gasteiger partial charge in [-0.25, -0.2) is 4.79 Å². The van der Waals surface area contributed by atoms with Gasteiger partial charge in [0.15, 0.2) is 0 Å². The topological polar surface area (TPSA) is 68.8 Å². The Kier molecular flexibility index (Phi) is 5.69. The summed E-state index contributed by atoms with van der Waals surface area (Å²) in [6.45, 7) is 11.1. The number of nitrogens with one attached hydrogen (secondary N) is 2. The van der Waals surface area contributed by atoms with Crippen molar-refractivity contribution >= 4 is 6.09 Å². The highest BCUT2D eigenvalue weighted by molar-refractivity contribution is 5.68. The van der Waals surface area contributed by atoms with E-state index in [1.54, 1.807) is 0 Å². The lowest BCUT2D eigenvalue weighted by molar-refractivity contribution is -0.0488. The van der Waals surface area contributed by atoms with Crippen LogP contribution in [0.1, 0.15) is 47.5 Å². The molecule has 0 spiro atoms. The van der Waals surface area contributed by atoms with E-state index in [2.05, 4.69) is 17.6 Å². The van der Waals surface area contributed by atoms with Crippen molar-refractivity contribution in [2.75, 3.05) is 13.2 Å². The third-order valence-electron chi connectivity index (χ3n) is 4.19. The van der Waals surface area contributed by atoms with Crippen LogP contribution >= 0.6 is 0 Å². The highest BCUT2D eigenvalue weighted by Crippen LogP contribution is 2.27. The van der Waals surface area contributed by atoms with Gasteiger partial charge in [-0.3, -0.25) is 0 Å². The third kappa shape index (κ3) is 4.57. The lowest BCUT2D eigenvalue weighted by Gasteiger charge is -2.46. The Bertz CT molecular complexity index is 383. The number of carbonyl (C=O) groups excluding carboxylic acids is 1. The van der Waals surface area contributed by atoms with E-state index in [4.69, 9.17) is 14.2 Å². The number of rotatable bonds is 5. The van der Waals surface area contributed by atoms with Crippen molar-refractivity contribution in [3.05, 3.63) is 0 Å². The van der Waals surface area contributed by atoms with Crippen LogP contribution in [-0.4, -0.2) is 55.2 Å². The Morgan fingerprint density at radius 3 is 2.59 bits per heavy atom. The molecule has 5 unspecified atom stereocenters. The normalized spacial score (nSPS) is 35.0. The minimum absolute atomic E-state index is 0.0409. The zero-order chi connectivity index (χ0) is 16.3. The third-order valence-corrected chi connectivity index (χ3v) is 4.19. The Morgan fingerprint density at radius 2 is 2.05 bits per heavy atom. The highest BCUT2D eigenvalue weighted by Gasteiger charge is 2.45. The molecule has 22 heavy (non-hydrogen) atoms. The van der Waals surface area contributed by atoms with Crippen molar-refractivity contribution in [2.24, 2.45) is 0 Å². The number of alkyl carbamates (subject to hydrolysis) is 1. The van der Waals surface area contributed by atoms with E-state index in [9.17, 15) is 4.79 Å². The fraction of sp³-hybridized carbons (Fsp3) is 0.938. The molecular formula is C16H30N2O4. The second-order valence-electron chi connectivity index (χ2n) is 7.15. The van der Waals surface area contributed by atoms with Crippen molar-refractivity contribution in [3.63, 3.8) is 0 Å². The average molecular weight is 314 g/mol. The summed E-state index contributed by atoms with van der Waals surface area (Å²) in [5.74, 6) is 0. The van der Waals surface area contributed by atoms with Crippen LogP contribution in [0.15, 0.2) is 0 Å². The Morgan fingerprint density at radius 1 is 1.32 bits per heavy atom. The zero-order valence-corrected chi connectivity index (χ0v) is 14.3. The van der Waals surface area contributed by atoms with Gasteiger partial charge in [-0.2, -0.15) is 0 Å². The molecular weight excluding hydrogens is 284 g/mol. The monoisotopic (exact) mass is 314 g/mol. The molecule has 2 aliphatic rings. The van der Waals surface area contributed by atoms with Gasteiger partial charge in [0.1, 0.15) is 5.60 Å². The quantitative estimate of drug-likeness (QED) is 0.810. The number of amides is 1. The molecule has 0 aromatic carbocycles. The highest BCUT2D eigenvalue weighted by atomic mass is 16.6. The molecule has 6 nitrogen and oxygen atoms in total. The SMILES string of the molecule is CCOC1CC(NC(=O)OC(C)(C)C)C1NC1CCOC1C. The molecule has 0 aromatic rings. The molecule has 1 saturated carbocycles. The van der Waals surface area contributed by atoms with Crippen LogP contribution in [0.5, 0.6) is 0 Å². The van der Waals surface area contributed by atoms with Crippen LogP contribution in [0.3, 0.4) is 0 Å². The minimum Gasteiger partial charge on any atom is -0.444 e. The summed E-state index contributed by atoms with van der Waals surface area (Å²) < 4.78 is 16.7. The maximum atomic E-state index is 11.9. The summed E-state index contributed by atoms with van der Waals surface area (Å²) in [7, 11) is 0. The summed E-state index contributed by atoms with van der Waals surface area (Å²) in [6, 6.07) is 0.469. The summed E-state index contributed by atoms with van der Waals surface area (Å²) in [5, 5.41) is 6.55. The van der Waals surface area contributed by atoms with Gasteiger partial charge in [-0.15, -0.1) is 0 Å². The molecule has 2 N–H and O–H groups in total. The smallest absolute Gasteiger partial charge is 0.407 e. The fourth-order valence-electron chi connectivity index (χ4n) is 3.02. The Labute approximate surface area is 133 Å². The van der Waals surface area contributed by atoms with Crippen molar-refractivity contribution < 1.29 is 19.0 Å². The number of carbonyl (C=O) groups is 1. The van der Waals surface area contributed by atoms with E-state index >= 15 is 0 Å². The van der Waals surface area contributed by atoms with Crippen molar-refractivity contribution in [2.45, 2.75) is 83.4 Å². The molecule has 1 aliphatic carbocycles. The van der Waals surface area contributed by atoms with Crippen molar-refractivity contribution in [1.29, 1.82) is 0 Å². The largest absolute Gasteiger partial charge is 0.444 e. The molecule has 1 aliphatic heterocycles. The molecule has 0 radical (unpaired) electrons. The summed E-state index contributed by atoms with van der Waals surface area (Å²) >= 11 is 0. The van der Waals surface area contributed by atoms with E-state index in [0.29, 0.717) is 12.6 Å². The van der Waals surface area contributed by atoms with Crippen LogP contribution in [0, 0.1) is 0 Å². The first kappa shape index (κ1) is 17.5. The van der Waals surface area contributed by atoms with E-state index in [0.717, 1.165) is 19.4 Å². The second kappa shape index (κ2) is 7.15. The van der Waals surface area contributed by atoms with Gasteiger partial charge < -0.3 is 24.8 Å². The molecule has 1 heterocycles. The van der Waals surface area contributed by atoms with E-state index < -0.39 is 5.60 Å². The number of ether oxygens (including phenoxy) is 3. The molecule has 128 valence electrons. The Balaban J connectivity index is 1.88. The molecule has 0 bridgehead atoms. The molecule has 2 fully saturated rings. The van der Waals surface area contributed by atoms with Gasteiger partial charge >= 0.3 is 6.09 Å². The van der Waals surface area contributed by atoms with Gasteiger partial charge in [0.05, 0.1) is 24.3 Å². The van der Waals surface area contributed by atoms with Gasteiger partial charge in [0, 0.05) is 19.3 Å². The van der Waals surface area contributed by atoms with Crippen LogP contribution < -0.4 is 10.6 Å². The lowest BCUT2D eigenvalue weighted by atomic mass is 9.82. The molecule has 1 amide bonds. The van der Waals surface area contributed by atoms with E-state index in [-0.39, 0.29) is 30.4 Å². The number of hydrogen-bond acceptors (Lipinski definition) is 5. The molecule has 2 rings (SSSR count). The van der Waals surface area contributed by atoms with Crippen molar-refractivity contribution in [1.82, 2.24) is 10.6 Å². The van der Waals surface area contributed by atoms with Crippen LogP contribution in [0.25, 0.3) is 0 Å². The first-order valence-corrected chi connectivity index (χ1v) is 8.29. The first-order valence-electron chi connectivity index (χ1n) is 8.29. The van der Waals surface area contributed by atoms with Gasteiger partial charge in [-0.1, -0.05) is 0 Å². The van der Waals surface area contributed by atoms with E-state index in [1.165, 1.54) is 0 Å². The van der Waals surface area contributed by atoms with Gasteiger partial charge in [0.25, 0.3) is 0 Å². The summed E-state index contributed by atoms with van der Waals surface area (Å²) in [5.41, 5.74) is -0.482. The Hall–Kier alpha value is -0.850. The van der Waals surface area contributed by atoms with Crippen molar-refractivity contribution in [3.8, 4) is 0 Å². The van der Waals surface area contributed by atoms with Crippen LogP contribution in [-0.2, 0) is 14.2 Å². The first-order chi connectivity index (χ1) is 10.3. The lowest BCUT2D eigenvalue weighted by Crippen LogP contribution is -2.68. The fourth-order valence-corrected chi connectivity index (χ4v) is 3.02. The summed E-state index contributed by atoms with van der Waals surface area (Å²) in [4.78, 5) is 11.9. The number of hydrogen-bond donors (Lipinski definition) is 2. The van der Waals surface area contributed by atoms with Gasteiger partial charge in [-0.05, 0) is 47.5 Å². The van der Waals surface area contributed by atoms with E-state index in [1.807, 2.05) is 27.7 Å². The standard InChI is InChI=1S/C16H30N2O4/c1-6-20-13-9-12(18-15(19)22-16(3,4)5)14(13)17-11-7-8-21-10(11)2/h10-14,17H,6-9H2,1-5H3,(H,18,19). The molecule has 6 heteroatoms. The minimum atomic E-state index is -0.482. The average Bonchev–Trinajstić information content (AvgIpc) is 2.78. The molecule has 0 aromatic heterocycles. The summed E-state index contributed by atoms with van der Waals surface area (Å²) in [6.07, 6.45) is 1.78. The maximum Gasteiger partial charge on any atom is 0.407 e. The van der Waals surface area contributed by atoms with Gasteiger partial charge in [0.2, 0.25) is 0 Å². The predicted molar refractivity (Wildman–Crippen MR) is 83.9 cm³/mol. The zero-order valence-electron chi connectivity index (χ0n) is 14.3. The second-order valence-corrected chi connectivity index (χ2v) is 7.15. The predicted octanol–water partition coefficient (Wildman–Crippen LogP) is 1.82. The van der Waals surface area contributed by atoms with Crippen LogP contribution in [0.4, 0.5) is 4.79 Å². The molecule has 5 atom stereocenters. The molecule has 1 saturated heterocycles. The van der Waals surface area contributed by atoms with Crippen LogP contribution in [0.2, 0.25) is 0 Å².